The van der Waals surface area contributed by atoms with Crippen molar-refractivity contribution in [2.45, 2.75) is 45.4 Å². The number of aromatic amines is 1. The maximum absolute atomic E-state index is 4.38. The number of aryl methyl sites for hydroxylation is 1. The van der Waals surface area contributed by atoms with E-state index in [1.54, 1.807) is 0 Å². The van der Waals surface area contributed by atoms with Crippen LogP contribution in [0.3, 0.4) is 0 Å². The van der Waals surface area contributed by atoms with E-state index in [1.165, 1.54) is 42.6 Å². The van der Waals surface area contributed by atoms with Gasteiger partial charge in [-0.15, -0.1) is 0 Å². The summed E-state index contributed by atoms with van der Waals surface area (Å²) >= 11 is 0. The Kier molecular flexibility index (Phi) is 5.00. The highest BCUT2D eigenvalue weighted by atomic mass is 15.1. The predicted octanol–water partition coefficient (Wildman–Crippen LogP) is 4.12. The number of hydrogen-bond donors (Lipinski definition) is 1. The van der Waals surface area contributed by atoms with E-state index in [9.17, 15) is 0 Å². The summed E-state index contributed by atoms with van der Waals surface area (Å²) in [5, 5.41) is 7.53. The average molecular weight is 242 g/mol. The van der Waals surface area contributed by atoms with Crippen molar-refractivity contribution in [1.82, 2.24) is 10.2 Å². The Morgan fingerprint density at radius 3 is 2.67 bits per heavy atom. The molecule has 0 unspecified atom stereocenters. The first-order chi connectivity index (χ1) is 8.88. The van der Waals surface area contributed by atoms with Gasteiger partial charge in [-0.3, -0.25) is 5.10 Å². The molecule has 2 nitrogen and oxygen atoms in total. The molecule has 0 atom stereocenters. The Labute approximate surface area is 109 Å². The second kappa shape index (κ2) is 7.00. The van der Waals surface area contributed by atoms with Gasteiger partial charge in [0.15, 0.2) is 0 Å². The average Bonchev–Trinajstić information content (AvgIpc) is 2.84. The zero-order valence-electron chi connectivity index (χ0n) is 11.2. The third-order valence-electron chi connectivity index (χ3n) is 3.21. The van der Waals surface area contributed by atoms with Crippen LogP contribution in [-0.2, 0) is 12.8 Å². The molecular formula is C16H22N2. The minimum atomic E-state index is 0.947. The fourth-order valence-corrected chi connectivity index (χ4v) is 2.18. The Balaban J connectivity index is 1.83. The predicted molar refractivity (Wildman–Crippen MR) is 75.7 cm³/mol. The fourth-order valence-electron chi connectivity index (χ4n) is 2.18. The summed E-state index contributed by atoms with van der Waals surface area (Å²) in [5.74, 6) is 0. The molecule has 0 aliphatic carbocycles. The van der Waals surface area contributed by atoms with E-state index in [1.807, 2.05) is 0 Å². The molecule has 1 aromatic carbocycles. The van der Waals surface area contributed by atoms with Gasteiger partial charge < -0.3 is 0 Å². The first-order valence-electron chi connectivity index (χ1n) is 6.95. The van der Waals surface area contributed by atoms with Crippen molar-refractivity contribution < 1.29 is 0 Å². The normalized spacial score (nSPS) is 10.7. The third-order valence-corrected chi connectivity index (χ3v) is 3.21. The molecule has 1 N–H and O–H groups in total. The number of nitrogens with one attached hydrogen (secondary N) is 1. The van der Waals surface area contributed by atoms with Crippen molar-refractivity contribution in [2.75, 3.05) is 0 Å². The second-order valence-corrected chi connectivity index (χ2v) is 4.86. The van der Waals surface area contributed by atoms with Crippen LogP contribution in [0.1, 0.15) is 49.6 Å². The summed E-state index contributed by atoms with van der Waals surface area (Å²) in [6.07, 6.45) is 7.25. The lowest BCUT2D eigenvalue weighted by molar-refractivity contribution is 0.659. The number of benzene rings is 1. The quantitative estimate of drug-likeness (QED) is 0.727. The van der Waals surface area contributed by atoms with Crippen LogP contribution in [0.2, 0.25) is 0 Å². The zero-order chi connectivity index (χ0) is 12.6. The van der Waals surface area contributed by atoms with Gasteiger partial charge in [-0.05, 0) is 24.5 Å². The van der Waals surface area contributed by atoms with Gasteiger partial charge in [0.1, 0.15) is 0 Å². The summed E-state index contributed by atoms with van der Waals surface area (Å²) in [7, 11) is 0. The van der Waals surface area contributed by atoms with Gasteiger partial charge in [-0.25, -0.2) is 0 Å². The van der Waals surface area contributed by atoms with E-state index >= 15 is 0 Å². The minimum Gasteiger partial charge on any atom is -0.282 e. The lowest BCUT2D eigenvalue weighted by atomic mass is 10.1. The van der Waals surface area contributed by atoms with Gasteiger partial charge in [-0.1, -0.05) is 56.5 Å². The highest BCUT2D eigenvalue weighted by Crippen LogP contribution is 2.10. The highest BCUT2D eigenvalue weighted by Gasteiger charge is 2.02. The molecule has 18 heavy (non-hydrogen) atoms. The number of unbranched alkanes of at least 4 members (excludes halogenated alkanes) is 3. The van der Waals surface area contributed by atoms with Crippen LogP contribution in [0.4, 0.5) is 0 Å². The van der Waals surface area contributed by atoms with Gasteiger partial charge in [0.25, 0.3) is 0 Å². The van der Waals surface area contributed by atoms with Crippen LogP contribution >= 0.6 is 0 Å². The molecule has 0 radical (unpaired) electrons. The molecular weight excluding hydrogens is 220 g/mol. The maximum Gasteiger partial charge on any atom is 0.0625 e. The summed E-state index contributed by atoms with van der Waals surface area (Å²) in [6.45, 7) is 2.24. The van der Waals surface area contributed by atoms with Gasteiger partial charge in [0.2, 0.25) is 0 Å². The van der Waals surface area contributed by atoms with Gasteiger partial charge in [0, 0.05) is 12.1 Å². The second-order valence-electron chi connectivity index (χ2n) is 4.86. The monoisotopic (exact) mass is 242 g/mol. The van der Waals surface area contributed by atoms with E-state index in [0.29, 0.717) is 0 Å². The summed E-state index contributed by atoms with van der Waals surface area (Å²) in [5.41, 5.74) is 3.75. The van der Waals surface area contributed by atoms with Crippen molar-refractivity contribution in [3.63, 3.8) is 0 Å². The van der Waals surface area contributed by atoms with E-state index in [0.717, 1.165) is 12.8 Å². The molecule has 0 spiro atoms. The van der Waals surface area contributed by atoms with Crippen molar-refractivity contribution in [3.8, 4) is 0 Å². The van der Waals surface area contributed by atoms with Gasteiger partial charge in [-0.2, -0.15) is 5.10 Å². The Bertz CT molecular complexity index is 445. The SMILES string of the molecule is CCCCCCc1cc(Cc2ccccc2)[nH]n1. The lowest BCUT2D eigenvalue weighted by Gasteiger charge is -1.97. The Morgan fingerprint density at radius 1 is 1.06 bits per heavy atom. The molecule has 2 rings (SSSR count). The Morgan fingerprint density at radius 2 is 1.89 bits per heavy atom. The first-order valence-corrected chi connectivity index (χ1v) is 6.95. The minimum absolute atomic E-state index is 0.947. The fraction of sp³-hybridized carbons (Fsp3) is 0.438. The van der Waals surface area contributed by atoms with Crippen molar-refractivity contribution in [2.24, 2.45) is 0 Å². The molecule has 0 aliphatic heterocycles. The van der Waals surface area contributed by atoms with Crippen LogP contribution in [0.25, 0.3) is 0 Å². The smallest absolute Gasteiger partial charge is 0.0625 e. The van der Waals surface area contributed by atoms with Crippen molar-refractivity contribution in [1.29, 1.82) is 0 Å². The van der Waals surface area contributed by atoms with Crippen LogP contribution < -0.4 is 0 Å². The number of H-pyrrole nitrogens is 1. The summed E-state index contributed by atoms with van der Waals surface area (Å²) < 4.78 is 0. The number of rotatable bonds is 7. The topological polar surface area (TPSA) is 28.7 Å². The maximum atomic E-state index is 4.38. The number of nitrogens with zero attached hydrogens (tertiary/aromatic N) is 1. The van der Waals surface area contributed by atoms with Crippen LogP contribution in [0.15, 0.2) is 36.4 Å². The van der Waals surface area contributed by atoms with E-state index in [-0.39, 0.29) is 0 Å². The molecule has 2 aromatic rings. The van der Waals surface area contributed by atoms with Crippen molar-refractivity contribution >= 4 is 0 Å². The molecule has 0 amide bonds. The summed E-state index contributed by atoms with van der Waals surface area (Å²) in [6, 6.07) is 12.7. The Hall–Kier alpha value is -1.57. The zero-order valence-corrected chi connectivity index (χ0v) is 11.2. The van der Waals surface area contributed by atoms with Gasteiger partial charge >= 0.3 is 0 Å². The number of aromatic nitrogens is 2. The molecule has 1 heterocycles. The molecule has 0 saturated carbocycles. The third kappa shape index (κ3) is 4.02. The molecule has 0 bridgehead atoms. The van der Waals surface area contributed by atoms with Crippen LogP contribution in [-0.4, -0.2) is 10.2 Å². The van der Waals surface area contributed by atoms with E-state index < -0.39 is 0 Å². The van der Waals surface area contributed by atoms with E-state index in [2.05, 4.69) is 53.5 Å². The molecule has 2 heteroatoms. The van der Waals surface area contributed by atoms with Gasteiger partial charge in [0.05, 0.1) is 5.69 Å². The lowest BCUT2D eigenvalue weighted by Crippen LogP contribution is -1.87. The molecule has 96 valence electrons. The summed E-state index contributed by atoms with van der Waals surface area (Å²) in [4.78, 5) is 0. The van der Waals surface area contributed by atoms with Crippen LogP contribution in [0.5, 0.6) is 0 Å². The van der Waals surface area contributed by atoms with Crippen LogP contribution in [0, 0.1) is 0 Å². The highest BCUT2D eigenvalue weighted by molar-refractivity contribution is 5.22. The first kappa shape index (κ1) is 12.9. The molecule has 1 aromatic heterocycles. The van der Waals surface area contributed by atoms with Crippen molar-refractivity contribution in [3.05, 3.63) is 53.3 Å². The molecule has 0 aliphatic rings. The van der Waals surface area contributed by atoms with E-state index in [4.69, 9.17) is 0 Å². The largest absolute Gasteiger partial charge is 0.282 e. The number of hydrogen-bond acceptors (Lipinski definition) is 1. The molecule has 0 fully saturated rings. The molecule has 0 saturated heterocycles. The standard InChI is InChI=1S/C16H22N2/c1-2-3-4-8-11-15-13-16(18-17-15)12-14-9-6-5-7-10-14/h5-7,9-10,13H,2-4,8,11-12H2,1H3,(H,17,18).